The Morgan fingerprint density at radius 3 is 2.67 bits per heavy atom. The number of nitrogens with zero attached hydrogens (tertiary/aromatic N) is 1. The van der Waals surface area contributed by atoms with Crippen LogP contribution in [-0.2, 0) is 14.8 Å². The highest BCUT2D eigenvalue weighted by atomic mass is 127. The van der Waals surface area contributed by atoms with Crippen molar-refractivity contribution in [2.45, 2.75) is 8.82 Å². The van der Waals surface area contributed by atoms with E-state index in [1.54, 1.807) is 18.2 Å². The standard InChI is InChI=1S/C14H12INO4S/c1-20-14(17)10-6-2-5-9-13(10)21(18,19)16-12-8-4-3-7-11(12)15/h2-9,11H,1H3. The van der Waals surface area contributed by atoms with Crippen molar-refractivity contribution in [3.63, 3.8) is 0 Å². The van der Waals surface area contributed by atoms with E-state index in [4.69, 9.17) is 0 Å². The number of benzene rings is 1. The Morgan fingerprint density at radius 2 is 2.00 bits per heavy atom. The molecule has 0 aliphatic heterocycles. The van der Waals surface area contributed by atoms with Crippen LogP contribution in [-0.4, -0.2) is 31.1 Å². The molecule has 7 heteroatoms. The first-order valence-electron chi connectivity index (χ1n) is 5.97. The quantitative estimate of drug-likeness (QED) is 0.431. The monoisotopic (exact) mass is 417 g/mol. The molecule has 1 aromatic carbocycles. The first-order valence-corrected chi connectivity index (χ1v) is 8.65. The van der Waals surface area contributed by atoms with Crippen LogP contribution in [0, 0.1) is 0 Å². The van der Waals surface area contributed by atoms with Crippen molar-refractivity contribution >= 4 is 44.3 Å². The Hall–Kier alpha value is -1.48. The van der Waals surface area contributed by atoms with E-state index in [1.807, 2.05) is 12.2 Å². The molecule has 0 saturated heterocycles. The van der Waals surface area contributed by atoms with Gasteiger partial charge in [0.2, 0.25) is 0 Å². The number of halogens is 1. The minimum atomic E-state index is -3.98. The lowest BCUT2D eigenvalue weighted by molar-refractivity contribution is 0.0596. The molecule has 0 N–H and O–H groups in total. The number of allylic oxidation sites excluding steroid dienone is 4. The zero-order chi connectivity index (χ0) is 15.5. The van der Waals surface area contributed by atoms with Crippen LogP contribution in [0.4, 0.5) is 0 Å². The Kier molecular flexibility index (Phi) is 4.94. The lowest BCUT2D eigenvalue weighted by Crippen LogP contribution is -2.15. The molecular formula is C14H12INO4S. The van der Waals surface area contributed by atoms with Crippen LogP contribution in [0.25, 0.3) is 0 Å². The molecule has 0 radical (unpaired) electrons. The summed E-state index contributed by atoms with van der Waals surface area (Å²) >= 11 is 2.08. The maximum absolute atomic E-state index is 12.4. The van der Waals surface area contributed by atoms with Gasteiger partial charge < -0.3 is 4.74 Å². The molecule has 5 nitrogen and oxygen atoms in total. The number of rotatable bonds is 3. The van der Waals surface area contributed by atoms with Crippen molar-refractivity contribution < 1.29 is 17.9 Å². The fourth-order valence-electron chi connectivity index (χ4n) is 1.75. The summed E-state index contributed by atoms with van der Waals surface area (Å²) < 4.78 is 33.2. The van der Waals surface area contributed by atoms with E-state index >= 15 is 0 Å². The molecule has 110 valence electrons. The van der Waals surface area contributed by atoms with E-state index in [0.717, 1.165) is 0 Å². The van der Waals surface area contributed by atoms with E-state index in [-0.39, 0.29) is 14.4 Å². The second-order valence-electron chi connectivity index (χ2n) is 4.12. The van der Waals surface area contributed by atoms with Crippen molar-refractivity contribution in [2.75, 3.05) is 7.11 Å². The third-order valence-electron chi connectivity index (χ3n) is 2.74. The Morgan fingerprint density at radius 1 is 1.29 bits per heavy atom. The van der Waals surface area contributed by atoms with Crippen LogP contribution in [0.2, 0.25) is 0 Å². The molecule has 1 unspecified atom stereocenters. The van der Waals surface area contributed by atoms with Crippen molar-refractivity contribution in [3.8, 4) is 0 Å². The van der Waals surface area contributed by atoms with Crippen molar-refractivity contribution in [1.82, 2.24) is 0 Å². The summed E-state index contributed by atoms with van der Waals surface area (Å²) in [7, 11) is -2.78. The fourth-order valence-corrected chi connectivity index (χ4v) is 3.75. The van der Waals surface area contributed by atoms with Gasteiger partial charge in [0.1, 0.15) is 4.90 Å². The lowest BCUT2D eigenvalue weighted by Gasteiger charge is -2.10. The molecule has 0 aromatic heterocycles. The van der Waals surface area contributed by atoms with Crippen molar-refractivity contribution in [1.29, 1.82) is 0 Å². The molecular weight excluding hydrogens is 405 g/mol. The molecule has 2 rings (SSSR count). The van der Waals surface area contributed by atoms with Gasteiger partial charge in [-0.05, 0) is 18.2 Å². The number of methoxy groups -OCH3 is 1. The highest BCUT2D eigenvalue weighted by Crippen LogP contribution is 2.21. The maximum Gasteiger partial charge on any atom is 0.339 e. The summed E-state index contributed by atoms with van der Waals surface area (Å²) in [4.78, 5) is 11.5. The van der Waals surface area contributed by atoms with Crippen molar-refractivity contribution in [3.05, 3.63) is 54.1 Å². The largest absolute Gasteiger partial charge is 0.465 e. The summed E-state index contributed by atoms with van der Waals surface area (Å²) in [5.41, 5.74) is 0.391. The summed E-state index contributed by atoms with van der Waals surface area (Å²) in [5, 5.41) is 0. The number of carbonyl (C=O) groups is 1. The van der Waals surface area contributed by atoms with Crippen LogP contribution in [0.3, 0.4) is 0 Å². The van der Waals surface area contributed by atoms with Crippen LogP contribution in [0.5, 0.6) is 0 Å². The summed E-state index contributed by atoms with van der Waals surface area (Å²) in [6.45, 7) is 0. The lowest BCUT2D eigenvalue weighted by atomic mass is 10.2. The van der Waals surface area contributed by atoms with Gasteiger partial charge in [-0.2, -0.15) is 12.8 Å². The predicted octanol–water partition coefficient (Wildman–Crippen LogP) is 2.53. The molecule has 0 bridgehead atoms. The average Bonchev–Trinajstić information content (AvgIpc) is 2.48. The van der Waals surface area contributed by atoms with E-state index in [0.29, 0.717) is 5.71 Å². The second-order valence-corrected chi connectivity index (χ2v) is 7.04. The van der Waals surface area contributed by atoms with Gasteiger partial charge in [0.25, 0.3) is 10.0 Å². The average molecular weight is 417 g/mol. The number of hydrogen-bond acceptors (Lipinski definition) is 4. The van der Waals surface area contributed by atoms with Gasteiger partial charge in [0.15, 0.2) is 0 Å². The fraction of sp³-hybridized carbons (Fsp3) is 0.143. The molecule has 0 heterocycles. The number of hydrogen-bond donors (Lipinski definition) is 0. The molecule has 1 aliphatic carbocycles. The Balaban J connectivity index is 2.51. The first kappa shape index (κ1) is 15.9. The summed E-state index contributed by atoms with van der Waals surface area (Å²) in [5.74, 6) is -0.709. The molecule has 0 saturated carbocycles. The van der Waals surface area contributed by atoms with Crippen LogP contribution < -0.4 is 0 Å². The number of sulfonamides is 1. The van der Waals surface area contributed by atoms with Gasteiger partial charge in [0, 0.05) is 0 Å². The van der Waals surface area contributed by atoms with E-state index in [1.165, 1.54) is 25.3 Å². The minimum Gasteiger partial charge on any atom is -0.465 e. The number of ether oxygens (including phenoxy) is 1. The maximum atomic E-state index is 12.4. The number of alkyl halides is 1. The van der Waals surface area contributed by atoms with Crippen LogP contribution in [0.1, 0.15) is 10.4 Å². The van der Waals surface area contributed by atoms with Crippen LogP contribution in [0.15, 0.2) is 57.9 Å². The van der Waals surface area contributed by atoms with Crippen LogP contribution >= 0.6 is 22.6 Å². The van der Waals surface area contributed by atoms with Gasteiger partial charge in [0.05, 0.1) is 22.3 Å². The van der Waals surface area contributed by atoms with Gasteiger partial charge in [-0.1, -0.05) is 53.0 Å². The Labute approximate surface area is 136 Å². The zero-order valence-electron chi connectivity index (χ0n) is 11.1. The third kappa shape index (κ3) is 3.59. The Bertz CT molecular complexity index is 750. The normalized spacial score (nSPS) is 19.7. The minimum absolute atomic E-state index is 0.0234. The first-order chi connectivity index (χ1) is 9.95. The number of esters is 1. The van der Waals surface area contributed by atoms with Gasteiger partial charge in [-0.25, -0.2) is 4.79 Å². The van der Waals surface area contributed by atoms with E-state index in [9.17, 15) is 13.2 Å². The smallest absolute Gasteiger partial charge is 0.339 e. The van der Waals surface area contributed by atoms with E-state index < -0.39 is 16.0 Å². The van der Waals surface area contributed by atoms with Gasteiger partial charge in [-0.15, -0.1) is 0 Å². The SMILES string of the molecule is COC(=O)c1ccccc1S(=O)(=O)N=C1C=CC=CC1I. The molecule has 1 aromatic rings. The second kappa shape index (κ2) is 6.52. The summed E-state index contributed by atoms with van der Waals surface area (Å²) in [6.07, 6.45) is 7.01. The third-order valence-corrected chi connectivity index (χ3v) is 5.15. The molecule has 0 fully saturated rings. The highest BCUT2D eigenvalue weighted by Gasteiger charge is 2.23. The summed E-state index contributed by atoms with van der Waals surface area (Å²) in [6, 6.07) is 5.85. The van der Waals surface area contributed by atoms with Crippen molar-refractivity contribution in [2.24, 2.45) is 4.40 Å². The molecule has 0 spiro atoms. The molecule has 1 atom stereocenters. The highest BCUT2D eigenvalue weighted by molar-refractivity contribution is 14.1. The number of carbonyl (C=O) groups excluding carboxylic acids is 1. The molecule has 0 amide bonds. The van der Waals surface area contributed by atoms with Gasteiger partial charge in [-0.3, -0.25) is 0 Å². The predicted molar refractivity (Wildman–Crippen MR) is 88.5 cm³/mol. The van der Waals surface area contributed by atoms with Gasteiger partial charge >= 0.3 is 5.97 Å². The topological polar surface area (TPSA) is 72.8 Å². The van der Waals surface area contributed by atoms with E-state index in [2.05, 4.69) is 31.7 Å². The molecule has 21 heavy (non-hydrogen) atoms. The zero-order valence-corrected chi connectivity index (χ0v) is 14.0. The molecule has 1 aliphatic rings.